The van der Waals surface area contributed by atoms with Crippen molar-refractivity contribution in [1.29, 1.82) is 5.26 Å². The first-order valence-corrected chi connectivity index (χ1v) is 15.0. The van der Waals surface area contributed by atoms with Crippen molar-refractivity contribution in [2.75, 3.05) is 10.8 Å². The highest BCUT2D eigenvalue weighted by Crippen LogP contribution is 2.34. The molecule has 11 heteroatoms. The van der Waals surface area contributed by atoms with Crippen LogP contribution in [0.5, 0.6) is 0 Å². The smallest absolute Gasteiger partial charge is 0.327 e. The van der Waals surface area contributed by atoms with Crippen LogP contribution in [0.25, 0.3) is 10.8 Å². The number of ether oxygens (including phenoxy) is 1. The van der Waals surface area contributed by atoms with Gasteiger partial charge in [-0.2, -0.15) is 5.26 Å². The number of nitrogens with one attached hydrogen (secondary N) is 1. The lowest BCUT2D eigenvalue weighted by atomic mass is 10.0. The molecule has 0 bridgehead atoms. The monoisotopic (exact) mass is 623 g/mol. The van der Waals surface area contributed by atoms with Crippen LogP contribution in [0.2, 0.25) is 10.0 Å². The molecule has 0 fully saturated rings. The zero-order valence-corrected chi connectivity index (χ0v) is 25.3. The van der Waals surface area contributed by atoms with Crippen molar-refractivity contribution in [3.63, 3.8) is 0 Å². The van der Waals surface area contributed by atoms with E-state index in [-0.39, 0.29) is 27.2 Å². The molecular weight excluding hydrogens is 597 g/mol. The number of esters is 1. The number of sulfonamides is 1. The van der Waals surface area contributed by atoms with E-state index >= 15 is 0 Å². The number of benzene rings is 4. The van der Waals surface area contributed by atoms with Crippen molar-refractivity contribution in [2.24, 2.45) is 0 Å². The van der Waals surface area contributed by atoms with Gasteiger partial charge in [0.05, 0.1) is 22.2 Å². The Bertz CT molecular complexity index is 1810. The molecule has 0 unspecified atom stereocenters. The number of halogens is 2. The van der Waals surface area contributed by atoms with Gasteiger partial charge in [0.15, 0.2) is 0 Å². The fourth-order valence-electron chi connectivity index (χ4n) is 4.33. The average molecular weight is 625 g/mol. The lowest BCUT2D eigenvalue weighted by Crippen LogP contribution is -2.39. The van der Waals surface area contributed by atoms with E-state index in [4.69, 9.17) is 33.2 Å². The van der Waals surface area contributed by atoms with Crippen LogP contribution in [0.1, 0.15) is 42.3 Å². The molecule has 0 spiro atoms. The predicted molar refractivity (Wildman–Crippen MR) is 163 cm³/mol. The number of rotatable bonds is 8. The molecule has 216 valence electrons. The minimum absolute atomic E-state index is 0.107. The molecule has 1 amide bonds. The number of nitriles is 1. The fraction of sp³-hybridized carbons (Fsp3) is 0.194. The van der Waals surface area contributed by atoms with Crippen molar-refractivity contribution < 1.29 is 22.7 Å². The predicted octanol–water partition coefficient (Wildman–Crippen LogP) is 6.49. The van der Waals surface area contributed by atoms with Gasteiger partial charge in [0.1, 0.15) is 12.1 Å². The van der Waals surface area contributed by atoms with Crippen LogP contribution < -0.4 is 9.62 Å². The Morgan fingerprint density at radius 3 is 2.24 bits per heavy atom. The summed E-state index contributed by atoms with van der Waals surface area (Å²) >= 11 is 12.2. The van der Waals surface area contributed by atoms with Crippen molar-refractivity contribution in [1.82, 2.24) is 5.32 Å². The van der Waals surface area contributed by atoms with Crippen LogP contribution in [0, 0.1) is 11.3 Å². The third kappa shape index (κ3) is 7.21. The third-order valence-corrected chi connectivity index (χ3v) is 8.21. The Hall–Kier alpha value is -4.10. The number of carbonyl (C=O) groups excluding carboxylic acids is 2. The maximum atomic E-state index is 14.0. The molecule has 42 heavy (non-hydrogen) atoms. The Balaban J connectivity index is 1.78. The van der Waals surface area contributed by atoms with Crippen LogP contribution in [0.3, 0.4) is 0 Å². The Morgan fingerprint density at radius 1 is 0.929 bits per heavy atom. The molecule has 0 saturated heterocycles. The van der Waals surface area contributed by atoms with Gasteiger partial charge in [0.2, 0.25) is 0 Å². The van der Waals surface area contributed by atoms with Crippen molar-refractivity contribution in [3.05, 3.63) is 106 Å². The Labute approximate surface area is 254 Å². The summed E-state index contributed by atoms with van der Waals surface area (Å²) in [5.74, 6) is -1.17. The van der Waals surface area contributed by atoms with Crippen molar-refractivity contribution in [3.8, 4) is 6.07 Å². The van der Waals surface area contributed by atoms with Crippen LogP contribution in [0.4, 0.5) is 5.69 Å². The summed E-state index contributed by atoms with van der Waals surface area (Å²) < 4.78 is 34.4. The van der Waals surface area contributed by atoms with Gasteiger partial charge in [0.25, 0.3) is 15.9 Å². The van der Waals surface area contributed by atoms with E-state index in [0.29, 0.717) is 21.9 Å². The highest BCUT2D eigenvalue weighted by molar-refractivity contribution is 7.93. The maximum Gasteiger partial charge on any atom is 0.327 e. The van der Waals surface area contributed by atoms with Crippen LogP contribution in [-0.2, 0) is 26.1 Å². The summed E-state index contributed by atoms with van der Waals surface area (Å²) in [5, 5.41) is 13.1. The topological polar surface area (TPSA) is 117 Å². The quantitative estimate of drug-likeness (QED) is 0.224. The number of nitrogens with zero attached hydrogens (tertiary/aromatic N) is 2. The Kier molecular flexibility index (Phi) is 9.12. The second-order valence-electron chi connectivity index (χ2n) is 10.4. The first-order valence-electron chi connectivity index (χ1n) is 12.8. The van der Waals surface area contributed by atoms with Gasteiger partial charge in [-0.3, -0.25) is 13.9 Å². The SMILES string of the molecule is CC(C)(C)OC(=O)CN(c1cccc2c(C(=O)NCc3cccc(C#N)c3)cccc12)S(=O)(=O)c1cc(Cl)cc(Cl)c1. The lowest BCUT2D eigenvalue weighted by Gasteiger charge is -2.27. The normalized spacial score (nSPS) is 11.5. The molecule has 4 aromatic rings. The van der Waals surface area contributed by atoms with E-state index in [1.54, 1.807) is 81.4 Å². The average Bonchev–Trinajstić information content (AvgIpc) is 2.92. The summed E-state index contributed by atoms with van der Waals surface area (Å²) in [6.45, 7) is 4.58. The summed E-state index contributed by atoms with van der Waals surface area (Å²) in [4.78, 5) is 26.0. The maximum absolute atomic E-state index is 14.0. The molecule has 0 aliphatic rings. The molecule has 0 radical (unpaired) electrons. The summed E-state index contributed by atoms with van der Waals surface area (Å²) in [7, 11) is -4.39. The number of hydrogen-bond donors (Lipinski definition) is 1. The molecule has 8 nitrogen and oxygen atoms in total. The number of carbonyl (C=O) groups is 2. The molecule has 4 aromatic carbocycles. The first kappa shape index (κ1) is 30.8. The van der Waals surface area contributed by atoms with Crippen molar-refractivity contribution in [2.45, 2.75) is 37.8 Å². The number of fused-ring (bicyclic) bond motifs is 1. The second kappa shape index (κ2) is 12.4. The van der Waals surface area contributed by atoms with Gasteiger partial charge >= 0.3 is 5.97 Å². The number of amides is 1. The van der Waals surface area contributed by atoms with E-state index < -0.39 is 34.0 Å². The number of hydrogen-bond acceptors (Lipinski definition) is 6. The summed E-state index contributed by atoms with van der Waals surface area (Å²) in [5.41, 5.74) is 0.821. The first-order chi connectivity index (χ1) is 19.8. The zero-order chi connectivity index (χ0) is 30.7. The summed E-state index contributed by atoms with van der Waals surface area (Å²) in [6, 6.07) is 22.6. The van der Waals surface area contributed by atoms with Crippen LogP contribution >= 0.6 is 23.2 Å². The van der Waals surface area contributed by atoms with Gasteiger partial charge in [-0.15, -0.1) is 0 Å². The number of anilines is 1. The van der Waals surface area contributed by atoms with Gasteiger partial charge < -0.3 is 10.1 Å². The van der Waals surface area contributed by atoms with Crippen LogP contribution in [0.15, 0.2) is 83.8 Å². The molecule has 1 N–H and O–H groups in total. The van der Waals surface area contributed by atoms with Gasteiger partial charge in [-0.1, -0.05) is 59.6 Å². The van der Waals surface area contributed by atoms with Crippen LogP contribution in [-0.4, -0.2) is 32.4 Å². The van der Waals surface area contributed by atoms with Gasteiger partial charge in [-0.05, 0) is 74.2 Å². The summed E-state index contributed by atoms with van der Waals surface area (Å²) in [6.07, 6.45) is 0. The molecule has 0 aliphatic carbocycles. The highest BCUT2D eigenvalue weighted by atomic mass is 35.5. The zero-order valence-electron chi connectivity index (χ0n) is 23.0. The van der Waals surface area contributed by atoms with E-state index in [0.717, 1.165) is 9.87 Å². The van der Waals surface area contributed by atoms with Gasteiger partial charge in [0, 0.05) is 27.5 Å². The van der Waals surface area contributed by atoms with E-state index in [1.807, 2.05) is 0 Å². The minimum atomic E-state index is -4.39. The molecule has 4 rings (SSSR count). The Morgan fingerprint density at radius 2 is 1.57 bits per heavy atom. The molecule has 0 saturated carbocycles. The van der Waals surface area contributed by atoms with Gasteiger partial charge in [-0.25, -0.2) is 8.42 Å². The standard InChI is InChI=1S/C31H27Cl2N3O5S/c1-31(2,3)41-29(37)19-36(42(39,40)24-15-22(32)14-23(33)16-24)28-12-6-9-25-26(28)10-5-11-27(25)30(38)35-18-21-8-4-7-20(13-21)17-34/h4-16H,18-19H2,1-3H3,(H,35,38). The van der Waals surface area contributed by atoms with E-state index in [1.165, 1.54) is 18.2 Å². The van der Waals surface area contributed by atoms with E-state index in [2.05, 4.69) is 11.4 Å². The van der Waals surface area contributed by atoms with E-state index in [9.17, 15) is 18.0 Å². The lowest BCUT2D eigenvalue weighted by molar-refractivity contribution is -0.152. The fourth-order valence-corrected chi connectivity index (χ4v) is 6.49. The third-order valence-electron chi connectivity index (χ3n) is 6.04. The van der Waals surface area contributed by atoms with Crippen molar-refractivity contribution >= 4 is 61.6 Å². The largest absolute Gasteiger partial charge is 0.459 e. The second-order valence-corrected chi connectivity index (χ2v) is 13.1. The molecular formula is C31H27Cl2N3O5S. The molecule has 0 aliphatic heterocycles. The molecule has 0 aromatic heterocycles. The minimum Gasteiger partial charge on any atom is -0.459 e. The highest BCUT2D eigenvalue weighted by Gasteiger charge is 2.31. The molecule has 0 heterocycles. The molecule has 0 atom stereocenters.